The van der Waals surface area contributed by atoms with E-state index in [9.17, 15) is 0 Å². The van der Waals surface area contributed by atoms with Crippen LogP contribution < -0.4 is 5.32 Å². The Labute approximate surface area is 129 Å². The molecule has 106 valence electrons. The van der Waals surface area contributed by atoms with Crippen LogP contribution in [0.1, 0.15) is 34.0 Å². The van der Waals surface area contributed by atoms with Gasteiger partial charge in [-0.2, -0.15) is 0 Å². The lowest BCUT2D eigenvalue weighted by Gasteiger charge is -2.04. The van der Waals surface area contributed by atoms with E-state index in [2.05, 4.69) is 48.4 Å². The lowest BCUT2D eigenvalue weighted by Crippen LogP contribution is -2.14. The molecule has 0 bridgehead atoms. The number of aromatic nitrogens is 1. The fraction of sp³-hybridized carbons (Fsp3) is 0.438. The van der Waals surface area contributed by atoms with Crippen LogP contribution in [0.25, 0.3) is 0 Å². The van der Waals surface area contributed by atoms with Crippen molar-refractivity contribution in [3.8, 4) is 0 Å². The Balaban J connectivity index is 1.51. The Hall–Kier alpha value is -0.840. The summed E-state index contributed by atoms with van der Waals surface area (Å²) in [5.41, 5.74) is 2.55. The molecule has 1 aromatic heterocycles. The second kappa shape index (κ2) is 6.29. The van der Waals surface area contributed by atoms with Crippen molar-refractivity contribution in [3.05, 3.63) is 45.4 Å². The molecule has 0 saturated heterocycles. The van der Waals surface area contributed by atoms with E-state index in [1.807, 2.05) is 23.1 Å². The summed E-state index contributed by atoms with van der Waals surface area (Å²) in [7, 11) is 0. The van der Waals surface area contributed by atoms with Gasteiger partial charge >= 0.3 is 0 Å². The summed E-state index contributed by atoms with van der Waals surface area (Å²) in [5, 5.41) is 4.77. The number of hydrogen-bond donors (Lipinski definition) is 1. The Bertz CT molecular complexity index is 551. The van der Waals surface area contributed by atoms with Gasteiger partial charge in [-0.3, -0.25) is 0 Å². The Morgan fingerprint density at radius 2 is 2.00 bits per heavy atom. The van der Waals surface area contributed by atoms with Crippen molar-refractivity contribution in [1.82, 2.24) is 10.3 Å². The molecule has 0 atom stereocenters. The van der Waals surface area contributed by atoms with Gasteiger partial charge in [0.05, 0.1) is 11.4 Å². The average Bonchev–Trinajstić information content (AvgIpc) is 3.22. The first-order valence-electron chi connectivity index (χ1n) is 7.09. The number of hydrogen-bond acceptors (Lipinski definition) is 4. The lowest BCUT2D eigenvalue weighted by atomic mass is 10.2. The zero-order chi connectivity index (χ0) is 13.9. The van der Waals surface area contributed by atoms with Crippen LogP contribution in [0.3, 0.4) is 0 Å². The van der Waals surface area contributed by atoms with Crippen LogP contribution in [0.15, 0.2) is 29.2 Å². The number of nitrogens with zero attached hydrogens (tertiary/aromatic N) is 1. The van der Waals surface area contributed by atoms with Gasteiger partial charge in [0.25, 0.3) is 0 Å². The van der Waals surface area contributed by atoms with Gasteiger partial charge in [-0.15, -0.1) is 23.1 Å². The molecular formula is C16H20N2S2. The van der Waals surface area contributed by atoms with Gasteiger partial charge in [0.15, 0.2) is 0 Å². The molecule has 2 aromatic rings. The number of thioether (sulfide) groups is 1. The molecule has 1 aliphatic carbocycles. The van der Waals surface area contributed by atoms with Crippen LogP contribution in [0.4, 0.5) is 0 Å². The Kier molecular flexibility index (Phi) is 4.44. The molecule has 0 radical (unpaired) electrons. The van der Waals surface area contributed by atoms with Gasteiger partial charge in [-0.05, 0) is 44.4 Å². The monoisotopic (exact) mass is 304 g/mol. The summed E-state index contributed by atoms with van der Waals surface area (Å²) in [6.45, 7) is 5.23. The molecule has 1 aliphatic rings. The highest BCUT2D eigenvalue weighted by Gasteiger charge is 2.19. The molecule has 0 unspecified atom stereocenters. The van der Waals surface area contributed by atoms with Gasteiger partial charge in [-0.25, -0.2) is 4.98 Å². The second-order valence-electron chi connectivity index (χ2n) is 5.34. The third kappa shape index (κ3) is 3.84. The van der Waals surface area contributed by atoms with Crippen LogP contribution in [-0.4, -0.2) is 11.0 Å². The standard InChI is InChI=1S/C16H20N2S2/c1-11-12(2)20-16(18-11)10-19-15-7-3-13(4-8-15)9-17-14-5-6-14/h3-4,7-8,14,17H,5-6,9-10H2,1-2H3. The van der Waals surface area contributed by atoms with Crippen molar-refractivity contribution in [2.45, 2.75) is 49.9 Å². The predicted molar refractivity (Wildman–Crippen MR) is 87.5 cm³/mol. The van der Waals surface area contributed by atoms with Crippen LogP contribution in [0.5, 0.6) is 0 Å². The van der Waals surface area contributed by atoms with Crippen LogP contribution in [0.2, 0.25) is 0 Å². The number of thiazole rings is 1. The van der Waals surface area contributed by atoms with Crippen molar-refractivity contribution in [2.75, 3.05) is 0 Å². The minimum absolute atomic E-state index is 0.778. The van der Waals surface area contributed by atoms with Crippen molar-refractivity contribution in [3.63, 3.8) is 0 Å². The normalized spacial score (nSPS) is 14.7. The van der Waals surface area contributed by atoms with E-state index in [1.165, 1.54) is 38.9 Å². The zero-order valence-corrected chi connectivity index (χ0v) is 13.6. The molecule has 1 fully saturated rings. The van der Waals surface area contributed by atoms with E-state index in [-0.39, 0.29) is 0 Å². The highest BCUT2D eigenvalue weighted by atomic mass is 32.2. The largest absolute Gasteiger partial charge is 0.310 e. The highest BCUT2D eigenvalue weighted by molar-refractivity contribution is 7.98. The van der Waals surface area contributed by atoms with Crippen molar-refractivity contribution in [1.29, 1.82) is 0 Å². The summed E-state index contributed by atoms with van der Waals surface area (Å²) < 4.78 is 0. The maximum atomic E-state index is 4.59. The third-order valence-corrected chi connectivity index (χ3v) is 5.81. The molecule has 1 aromatic carbocycles. The summed E-state index contributed by atoms with van der Waals surface area (Å²) in [6.07, 6.45) is 2.70. The Morgan fingerprint density at radius 3 is 2.60 bits per heavy atom. The van der Waals surface area contributed by atoms with Gasteiger partial charge in [-0.1, -0.05) is 12.1 Å². The van der Waals surface area contributed by atoms with Crippen molar-refractivity contribution in [2.24, 2.45) is 0 Å². The van der Waals surface area contributed by atoms with E-state index >= 15 is 0 Å². The molecule has 2 nitrogen and oxygen atoms in total. The van der Waals surface area contributed by atoms with Gasteiger partial charge in [0, 0.05) is 22.4 Å². The molecule has 0 aliphatic heterocycles. The first-order chi connectivity index (χ1) is 9.70. The van der Waals surface area contributed by atoms with E-state index < -0.39 is 0 Å². The molecule has 0 amide bonds. The van der Waals surface area contributed by atoms with E-state index in [0.29, 0.717) is 0 Å². The van der Waals surface area contributed by atoms with E-state index in [4.69, 9.17) is 0 Å². The summed E-state index contributed by atoms with van der Waals surface area (Å²) in [5.74, 6) is 0.971. The number of rotatable bonds is 6. The quantitative estimate of drug-likeness (QED) is 0.805. The maximum absolute atomic E-state index is 4.59. The Morgan fingerprint density at radius 1 is 1.25 bits per heavy atom. The summed E-state index contributed by atoms with van der Waals surface area (Å²) in [4.78, 5) is 7.25. The minimum atomic E-state index is 0.778. The molecule has 0 spiro atoms. The smallest absolute Gasteiger partial charge is 0.103 e. The SMILES string of the molecule is Cc1nc(CSc2ccc(CNC3CC3)cc2)sc1C. The topological polar surface area (TPSA) is 24.9 Å². The maximum Gasteiger partial charge on any atom is 0.103 e. The van der Waals surface area contributed by atoms with Gasteiger partial charge in [0.1, 0.15) is 5.01 Å². The van der Waals surface area contributed by atoms with Crippen molar-refractivity contribution >= 4 is 23.1 Å². The third-order valence-electron chi connectivity index (χ3n) is 3.53. The predicted octanol–water partition coefficient (Wildman–Crippen LogP) is 4.30. The molecule has 4 heteroatoms. The van der Waals surface area contributed by atoms with Crippen molar-refractivity contribution < 1.29 is 0 Å². The van der Waals surface area contributed by atoms with Gasteiger partial charge < -0.3 is 5.32 Å². The molecule has 3 rings (SSSR count). The van der Waals surface area contributed by atoms with Gasteiger partial charge in [0.2, 0.25) is 0 Å². The van der Waals surface area contributed by atoms with Crippen LogP contribution in [-0.2, 0) is 12.3 Å². The fourth-order valence-electron chi connectivity index (χ4n) is 2.00. The van der Waals surface area contributed by atoms with Crippen LogP contribution >= 0.6 is 23.1 Å². The first-order valence-corrected chi connectivity index (χ1v) is 8.89. The van der Waals surface area contributed by atoms with E-state index in [0.717, 1.165) is 18.3 Å². The molecular weight excluding hydrogens is 284 g/mol. The minimum Gasteiger partial charge on any atom is -0.310 e. The molecule has 1 heterocycles. The summed E-state index contributed by atoms with van der Waals surface area (Å²) in [6, 6.07) is 9.69. The number of benzene rings is 1. The number of nitrogens with one attached hydrogen (secondary N) is 1. The first kappa shape index (κ1) is 14.1. The molecule has 1 saturated carbocycles. The number of aryl methyl sites for hydroxylation is 2. The average molecular weight is 304 g/mol. The lowest BCUT2D eigenvalue weighted by molar-refractivity contribution is 0.687. The van der Waals surface area contributed by atoms with E-state index in [1.54, 1.807) is 0 Å². The molecule has 1 N–H and O–H groups in total. The van der Waals surface area contributed by atoms with Crippen LogP contribution in [0, 0.1) is 13.8 Å². The highest BCUT2D eigenvalue weighted by Crippen LogP contribution is 2.27. The fourth-order valence-corrected chi connectivity index (χ4v) is 3.82. The second-order valence-corrected chi connectivity index (χ2v) is 7.67. The zero-order valence-electron chi connectivity index (χ0n) is 12.0. The summed E-state index contributed by atoms with van der Waals surface area (Å²) >= 11 is 3.68. The molecule has 20 heavy (non-hydrogen) atoms.